The predicted octanol–water partition coefficient (Wildman–Crippen LogP) is 9.36. The number of hydrogen-bond acceptors (Lipinski definition) is 6. The summed E-state index contributed by atoms with van der Waals surface area (Å²) >= 11 is 0. The van der Waals surface area contributed by atoms with E-state index < -0.39 is 38.2 Å². The van der Waals surface area contributed by atoms with Crippen LogP contribution in [-0.2, 0) is 45.7 Å². The molecule has 20 bridgehead atoms. The van der Waals surface area contributed by atoms with Crippen molar-refractivity contribution in [2.24, 2.45) is 0 Å². The molecule has 0 radical (unpaired) electrons. The molecule has 306 valence electrons. The lowest BCUT2D eigenvalue weighted by atomic mass is 9.73. The second-order valence-corrected chi connectivity index (χ2v) is 18.8. The van der Waals surface area contributed by atoms with E-state index in [0.29, 0.717) is 6.42 Å². The molecular weight excluding hydrogens is 773 g/mol. The summed E-state index contributed by atoms with van der Waals surface area (Å²) in [6.45, 7) is 9.03. The number of aromatic nitrogens is 4. The van der Waals surface area contributed by atoms with Crippen molar-refractivity contribution in [3.63, 3.8) is 0 Å². The van der Waals surface area contributed by atoms with E-state index in [1.54, 1.807) is 12.1 Å². The predicted molar refractivity (Wildman–Crippen MR) is 229 cm³/mol. The first-order valence-electron chi connectivity index (χ1n) is 20.8. The zero-order valence-electron chi connectivity index (χ0n) is 34.1. The van der Waals surface area contributed by atoms with Gasteiger partial charge in [-0.1, -0.05) is 48.6 Å². The van der Waals surface area contributed by atoms with Crippen LogP contribution in [0.25, 0.3) is 0 Å². The lowest BCUT2D eigenvalue weighted by molar-refractivity contribution is -0.0506. The maximum Gasteiger partial charge on any atom is 0.449 e. The van der Waals surface area contributed by atoms with Gasteiger partial charge in [-0.25, -0.2) is 4.18 Å². The van der Waals surface area contributed by atoms with Gasteiger partial charge in [0.15, 0.2) is 6.79 Å². The van der Waals surface area contributed by atoms with E-state index in [9.17, 15) is 8.42 Å². The van der Waals surface area contributed by atoms with Gasteiger partial charge in [-0.3, -0.25) is 0 Å². The number of fused-ring (bicyclic) bond motifs is 17. The second-order valence-electron chi connectivity index (χ2n) is 17.6. The molecule has 10 nitrogen and oxygen atoms in total. The molecule has 0 spiro atoms. The number of ether oxygens (including phenoxy) is 2. The molecule has 0 saturated heterocycles. The van der Waals surface area contributed by atoms with Crippen LogP contribution in [0.2, 0.25) is 0 Å². The monoisotopic (exact) mass is 820 g/mol. The van der Waals surface area contributed by atoms with Crippen LogP contribution >= 0.6 is 0 Å². The fraction of sp³-hybridized carbons (Fsp3) is 0.306. The standard InChI is InChI=1S/C49H48N4O6S/c1-46-30-9-5-13-34(25-30)56-29-57-35-14-6-10-31(26-35)47(2,39-18-17-38(46)50-39)41-20-22-43(52-41)49(4)33-12-8-16-37(28-33)59-60(54,55)58-36-15-7-11-32(27-36)48(3,42-21-19-40(46)51-42)44-23-24-45(49)53-44/h5,7-12,15,17-28,34,37,50-53H,6,13-14,16,29H2,1-4H3/t34-,37-,46+,47-,48+,49-/m1/s1. The highest BCUT2D eigenvalue weighted by atomic mass is 32.3. The highest BCUT2D eigenvalue weighted by Crippen LogP contribution is 2.50. The van der Waals surface area contributed by atoms with Gasteiger partial charge >= 0.3 is 10.4 Å². The summed E-state index contributed by atoms with van der Waals surface area (Å²) in [5.41, 5.74) is 8.59. The Kier molecular flexibility index (Phi) is 8.15. The van der Waals surface area contributed by atoms with Gasteiger partial charge in [0.1, 0.15) is 11.9 Å². The average molecular weight is 821 g/mol. The van der Waals surface area contributed by atoms with Gasteiger partial charge in [0.2, 0.25) is 0 Å². The molecule has 6 atom stereocenters. The minimum Gasteiger partial charge on any atom is -0.472 e. The summed E-state index contributed by atoms with van der Waals surface area (Å²) in [7, 11) is -4.46. The third-order valence-electron chi connectivity index (χ3n) is 14.3. The number of allylic oxidation sites excluding steroid dienone is 8. The quantitative estimate of drug-likeness (QED) is 0.123. The first-order valence-corrected chi connectivity index (χ1v) is 22.2. The number of H-pyrrole nitrogens is 4. The second kappa shape index (κ2) is 13.1. The van der Waals surface area contributed by atoms with Gasteiger partial charge < -0.3 is 33.6 Å². The highest BCUT2D eigenvalue weighted by molar-refractivity contribution is 7.82. The number of rotatable bonds is 0. The Morgan fingerprint density at radius 2 is 1.12 bits per heavy atom. The van der Waals surface area contributed by atoms with Crippen molar-refractivity contribution in [2.45, 2.75) is 87.2 Å². The summed E-state index contributed by atoms with van der Waals surface area (Å²) in [5.74, 6) is 1.06. The Balaban J connectivity index is 1.25. The first kappa shape index (κ1) is 37.3. The Morgan fingerprint density at radius 3 is 1.68 bits per heavy atom. The van der Waals surface area contributed by atoms with Crippen LogP contribution in [-0.4, -0.2) is 47.4 Å². The summed E-state index contributed by atoms with van der Waals surface area (Å²) in [6.07, 6.45) is 18.9. The SMILES string of the molecule is C[C@@]12C3=CCCC(=C3)OCO[C@H]3C=C(C=CC3)[C@@](C)(c3ccc1[nH]3)c1ccc([nH]1)[C@]1(C)c3cccc(c3)OS(=O)(=O)O[C@H]3C=C(C=CC3)[C@](C)(c3ccc2[nH]3)c2ccc1[nH]2. The van der Waals surface area contributed by atoms with Crippen LogP contribution < -0.4 is 4.18 Å². The molecule has 7 heterocycles. The van der Waals surface area contributed by atoms with Gasteiger partial charge in [0.25, 0.3) is 0 Å². The van der Waals surface area contributed by atoms with Gasteiger partial charge in [0, 0.05) is 52.0 Å². The van der Waals surface area contributed by atoms with Crippen LogP contribution in [0.15, 0.2) is 144 Å². The van der Waals surface area contributed by atoms with Crippen LogP contribution in [0, 0.1) is 0 Å². The summed E-state index contributed by atoms with van der Waals surface area (Å²) in [6, 6.07) is 24.7. The number of benzene rings is 1. The molecule has 1 aromatic carbocycles. The third kappa shape index (κ3) is 5.48. The fourth-order valence-electron chi connectivity index (χ4n) is 10.4. The van der Waals surface area contributed by atoms with Gasteiger partial charge in [0.05, 0.1) is 33.5 Å². The Morgan fingerprint density at radius 1 is 0.617 bits per heavy atom. The average Bonchev–Trinajstić information content (AvgIpc) is 4.10. The van der Waals surface area contributed by atoms with Crippen LogP contribution in [0.3, 0.4) is 0 Å². The minimum absolute atomic E-state index is 0.156. The number of nitrogens with one attached hydrogen (secondary N) is 4. The lowest BCUT2D eigenvalue weighted by Crippen LogP contribution is -2.34. The molecule has 4 N–H and O–H groups in total. The fourth-order valence-corrected chi connectivity index (χ4v) is 11.2. The van der Waals surface area contributed by atoms with Crippen molar-refractivity contribution >= 4 is 10.4 Å². The van der Waals surface area contributed by atoms with Gasteiger partial charge in [-0.15, -0.1) is 0 Å². The highest BCUT2D eigenvalue weighted by Gasteiger charge is 2.45. The zero-order valence-corrected chi connectivity index (χ0v) is 34.9. The number of hydrogen-bond donors (Lipinski definition) is 4. The van der Waals surface area contributed by atoms with E-state index in [4.69, 9.17) is 17.8 Å². The Labute approximate surface area is 350 Å². The van der Waals surface area contributed by atoms with Crippen molar-refractivity contribution in [3.05, 3.63) is 195 Å². The smallest absolute Gasteiger partial charge is 0.449 e. The van der Waals surface area contributed by atoms with Crippen LogP contribution in [0.5, 0.6) is 5.75 Å². The van der Waals surface area contributed by atoms with E-state index in [0.717, 1.165) is 92.9 Å². The van der Waals surface area contributed by atoms with Crippen molar-refractivity contribution in [3.8, 4) is 5.75 Å². The lowest BCUT2D eigenvalue weighted by Gasteiger charge is -2.36. The van der Waals surface area contributed by atoms with Crippen molar-refractivity contribution < 1.29 is 26.3 Å². The van der Waals surface area contributed by atoms with Crippen molar-refractivity contribution in [1.82, 2.24) is 19.9 Å². The van der Waals surface area contributed by atoms with E-state index in [-0.39, 0.29) is 18.6 Å². The number of aromatic amines is 4. The Hall–Kier alpha value is -5.75. The molecule has 0 unspecified atom stereocenters. The summed E-state index contributed by atoms with van der Waals surface area (Å²) in [5, 5.41) is 0. The molecule has 0 fully saturated rings. The summed E-state index contributed by atoms with van der Waals surface area (Å²) in [4.78, 5) is 15.9. The maximum absolute atomic E-state index is 13.7. The molecule has 11 heteroatoms. The zero-order chi connectivity index (χ0) is 41.1. The molecule has 5 aromatic rings. The van der Waals surface area contributed by atoms with E-state index in [1.807, 2.05) is 24.3 Å². The molecule has 0 amide bonds. The molecular formula is C49H48N4O6S. The topological polar surface area (TPSA) is 134 Å². The molecule has 3 aliphatic carbocycles. The minimum atomic E-state index is -4.46. The molecule has 6 aliphatic rings. The molecule has 4 aromatic heterocycles. The maximum atomic E-state index is 13.7. The van der Waals surface area contributed by atoms with Crippen molar-refractivity contribution in [1.29, 1.82) is 0 Å². The van der Waals surface area contributed by atoms with E-state index in [1.165, 1.54) is 0 Å². The molecule has 60 heavy (non-hydrogen) atoms. The van der Waals surface area contributed by atoms with Crippen LogP contribution in [0.1, 0.15) is 104 Å². The van der Waals surface area contributed by atoms with Gasteiger partial charge in [-0.2, -0.15) is 8.42 Å². The van der Waals surface area contributed by atoms with E-state index in [2.05, 4.69) is 133 Å². The molecule has 0 saturated carbocycles. The first-order chi connectivity index (χ1) is 28.9. The van der Waals surface area contributed by atoms with E-state index >= 15 is 0 Å². The van der Waals surface area contributed by atoms with Gasteiger partial charge in [-0.05, 0) is 142 Å². The largest absolute Gasteiger partial charge is 0.472 e. The summed E-state index contributed by atoms with van der Waals surface area (Å²) < 4.78 is 51.7. The Bertz CT molecular complexity index is 2880. The third-order valence-corrected chi connectivity index (χ3v) is 15.2. The van der Waals surface area contributed by atoms with Crippen LogP contribution in [0.4, 0.5) is 0 Å². The van der Waals surface area contributed by atoms with Crippen molar-refractivity contribution in [2.75, 3.05) is 6.79 Å². The normalized spacial score (nSPS) is 31.3. The molecule has 3 aliphatic heterocycles. The molecule has 11 rings (SSSR count).